The van der Waals surface area contributed by atoms with Crippen LogP contribution in [-0.2, 0) is 6.54 Å². The van der Waals surface area contributed by atoms with Gasteiger partial charge in [-0.05, 0) is 47.5 Å². The van der Waals surface area contributed by atoms with Gasteiger partial charge < -0.3 is 5.32 Å². The zero-order valence-electron chi connectivity index (χ0n) is 10.2. The zero-order chi connectivity index (χ0) is 12.4. The minimum absolute atomic E-state index is 0.0726. The average Bonchev–Trinajstić information content (AvgIpc) is 3.15. The van der Waals surface area contributed by atoms with Crippen LogP contribution in [0.25, 0.3) is 0 Å². The molecule has 0 amide bonds. The highest BCUT2D eigenvalue weighted by atomic mass is 79.9. The molecule has 1 N–H and O–H groups in total. The first kappa shape index (κ1) is 12.6. The number of hydrogen-bond donors (Lipinski definition) is 1. The summed E-state index contributed by atoms with van der Waals surface area (Å²) in [5, 5.41) is 7.41. The van der Waals surface area contributed by atoms with Crippen LogP contribution in [0, 0.1) is 11.8 Å². The smallest absolute Gasteiger partial charge is 0.283 e. The van der Waals surface area contributed by atoms with Gasteiger partial charge in [-0.3, -0.25) is 4.79 Å². The molecule has 0 bridgehead atoms. The summed E-state index contributed by atoms with van der Waals surface area (Å²) in [6.45, 7) is 5.65. The van der Waals surface area contributed by atoms with Gasteiger partial charge in [-0.25, -0.2) is 4.68 Å². The highest BCUT2D eigenvalue weighted by Crippen LogP contribution is 2.36. The third-order valence-corrected chi connectivity index (χ3v) is 4.09. The Bertz CT molecular complexity index is 454. The maximum atomic E-state index is 11.8. The molecule has 5 heteroatoms. The molecule has 0 saturated heterocycles. The first-order chi connectivity index (χ1) is 8.13. The molecule has 0 radical (unpaired) electrons. The van der Waals surface area contributed by atoms with Crippen LogP contribution in [0.5, 0.6) is 0 Å². The largest absolute Gasteiger partial charge is 0.382 e. The molecule has 1 unspecified atom stereocenters. The second-order valence-corrected chi connectivity index (χ2v) is 5.48. The molecule has 1 aliphatic carbocycles. The Morgan fingerprint density at radius 2 is 2.35 bits per heavy atom. The minimum atomic E-state index is -0.0726. The fourth-order valence-electron chi connectivity index (χ4n) is 1.92. The van der Waals surface area contributed by atoms with Crippen molar-refractivity contribution in [2.75, 3.05) is 11.9 Å². The Morgan fingerprint density at radius 1 is 1.65 bits per heavy atom. The standard InChI is InChI=1S/C12H18BrN3O/c1-3-16-12(17)11(13)10(7-15-16)14-6-8(2)9-4-5-9/h7-9,14H,3-6H2,1-2H3. The highest BCUT2D eigenvalue weighted by Gasteiger charge is 2.27. The molecule has 17 heavy (non-hydrogen) atoms. The maximum Gasteiger partial charge on any atom is 0.283 e. The first-order valence-electron chi connectivity index (χ1n) is 6.13. The van der Waals surface area contributed by atoms with Crippen molar-refractivity contribution in [1.29, 1.82) is 0 Å². The third-order valence-electron chi connectivity index (χ3n) is 3.33. The molecule has 0 aromatic carbocycles. The third kappa shape index (κ3) is 2.89. The van der Waals surface area contributed by atoms with Crippen molar-refractivity contribution in [2.45, 2.75) is 33.2 Å². The van der Waals surface area contributed by atoms with Crippen molar-refractivity contribution in [3.63, 3.8) is 0 Å². The zero-order valence-corrected chi connectivity index (χ0v) is 11.8. The molecule has 1 saturated carbocycles. The van der Waals surface area contributed by atoms with Gasteiger partial charge in [-0.1, -0.05) is 6.92 Å². The normalized spacial score (nSPS) is 16.9. The van der Waals surface area contributed by atoms with Crippen LogP contribution in [-0.4, -0.2) is 16.3 Å². The van der Waals surface area contributed by atoms with E-state index in [9.17, 15) is 4.79 Å². The van der Waals surface area contributed by atoms with Crippen molar-refractivity contribution < 1.29 is 0 Å². The molecular formula is C12H18BrN3O. The Morgan fingerprint density at radius 3 is 2.94 bits per heavy atom. The molecule has 1 heterocycles. The van der Waals surface area contributed by atoms with E-state index in [-0.39, 0.29) is 5.56 Å². The van der Waals surface area contributed by atoms with E-state index in [4.69, 9.17) is 0 Å². The average molecular weight is 300 g/mol. The Kier molecular flexibility index (Phi) is 3.86. The summed E-state index contributed by atoms with van der Waals surface area (Å²) >= 11 is 3.34. The van der Waals surface area contributed by atoms with Crippen molar-refractivity contribution in [3.05, 3.63) is 21.0 Å². The van der Waals surface area contributed by atoms with Gasteiger partial charge >= 0.3 is 0 Å². The SMILES string of the molecule is CCn1ncc(NCC(C)C2CC2)c(Br)c1=O. The molecule has 1 atom stereocenters. The number of hydrogen-bond acceptors (Lipinski definition) is 3. The summed E-state index contributed by atoms with van der Waals surface area (Å²) in [4.78, 5) is 11.8. The van der Waals surface area contributed by atoms with Gasteiger partial charge in [-0.2, -0.15) is 5.10 Å². The Hall–Kier alpha value is -0.840. The molecule has 2 rings (SSSR count). The van der Waals surface area contributed by atoms with Gasteiger partial charge in [0.2, 0.25) is 0 Å². The minimum Gasteiger partial charge on any atom is -0.382 e. The van der Waals surface area contributed by atoms with Gasteiger partial charge in [0, 0.05) is 13.1 Å². The predicted molar refractivity (Wildman–Crippen MR) is 72.2 cm³/mol. The topological polar surface area (TPSA) is 46.9 Å². The van der Waals surface area contributed by atoms with Crippen molar-refractivity contribution in [1.82, 2.24) is 9.78 Å². The van der Waals surface area contributed by atoms with Crippen LogP contribution in [0.4, 0.5) is 5.69 Å². The maximum absolute atomic E-state index is 11.8. The number of aromatic nitrogens is 2. The van der Waals surface area contributed by atoms with E-state index in [0.29, 0.717) is 16.9 Å². The Labute approximate surface area is 110 Å². The van der Waals surface area contributed by atoms with Crippen LogP contribution in [0.3, 0.4) is 0 Å². The van der Waals surface area contributed by atoms with E-state index in [0.717, 1.165) is 18.2 Å². The Balaban J connectivity index is 2.05. The van der Waals surface area contributed by atoms with E-state index in [2.05, 4.69) is 33.3 Å². The predicted octanol–water partition coefficient (Wildman–Crippen LogP) is 2.48. The number of nitrogens with zero attached hydrogens (tertiary/aromatic N) is 2. The summed E-state index contributed by atoms with van der Waals surface area (Å²) in [5.41, 5.74) is 0.726. The fourth-order valence-corrected chi connectivity index (χ4v) is 2.36. The van der Waals surface area contributed by atoms with Crippen LogP contribution in [0.1, 0.15) is 26.7 Å². The summed E-state index contributed by atoms with van der Waals surface area (Å²) in [5.74, 6) is 1.53. The van der Waals surface area contributed by atoms with Gasteiger partial charge in [-0.15, -0.1) is 0 Å². The summed E-state index contributed by atoms with van der Waals surface area (Å²) in [6.07, 6.45) is 4.41. The molecule has 1 aliphatic rings. The lowest BCUT2D eigenvalue weighted by Gasteiger charge is -2.13. The van der Waals surface area contributed by atoms with Crippen LogP contribution in [0.2, 0.25) is 0 Å². The van der Waals surface area contributed by atoms with Gasteiger partial charge in [0.25, 0.3) is 5.56 Å². The molecule has 1 fully saturated rings. The summed E-state index contributed by atoms with van der Waals surface area (Å²) in [6, 6.07) is 0. The number of nitrogens with one attached hydrogen (secondary N) is 1. The fraction of sp³-hybridized carbons (Fsp3) is 0.667. The highest BCUT2D eigenvalue weighted by molar-refractivity contribution is 9.10. The van der Waals surface area contributed by atoms with Crippen molar-refractivity contribution >= 4 is 21.6 Å². The quantitative estimate of drug-likeness (QED) is 0.909. The van der Waals surface area contributed by atoms with E-state index < -0.39 is 0 Å². The second-order valence-electron chi connectivity index (χ2n) is 4.69. The van der Waals surface area contributed by atoms with E-state index in [1.165, 1.54) is 17.5 Å². The molecule has 4 nitrogen and oxygen atoms in total. The number of aryl methyl sites for hydroxylation is 1. The second kappa shape index (κ2) is 5.21. The van der Waals surface area contributed by atoms with Crippen molar-refractivity contribution in [2.24, 2.45) is 11.8 Å². The molecular weight excluding hydrogens is 282 g/mol. The molecule has 0 aliphatic heterocycles. The molecule has 94 valence electrons. The monoisotopic (exact) mass is 299 g/mol. The van der Waals surface area contributed by atoms with Crippen molar-refractivity contribution in [3.8, 4) is 0 Å². The van der Waals surface area contributed by atoms with E-state index in [1.54, 1.807) is 6.20 Å². The van der Waals surface area contributed by atoms with Gasteiger partial charge in [0.1, 0.15) is 4.47 Å². The van der Waals surface area contributed by atoms with Crippen LogP contribution >= 0.6 is 15.9 Å². The lowest BCUT2D eigenvalue weighted by molar-refractivity contribution is 0.535. The molecule has 1 aromatic rings. The van der Waals surface area contributed by atoms with E-state index in [1.807, 2.05) is 6.92 Å². The summed E-state index contributed by atoms with van der Waals surface area (Å²) < 4.78 is 2.02. The lowest BCUT2D eigenvalue weighted by atomic mass is 10.1. The van der Waals surface area contributed by atoms with Crippen LogP contribution in [0.15, 0.2) is 15.5 Å². The first-order valence-corrected chi connectivity index (χ1v) is 6.92. The molecule has 1 aromatic heterocycles. The lowest BCUT2D eigenvalue weighted by Crippen LogP contribution is -2.24. The molecule has 0 spiro atoms. The van der Waals surface area contributed by atoms with Gasteiger partial charge in [0.05, 0.1) is 11.9 Å². The number of anilines is 1. The summed E-state index contributed by atoms with van der Waals surface area (Å²) in [7, 11) is 0. The van der Waals surface area contributed by atoms with Gasteiger partial charge in [0.15, 0.2) is 0 Å². The van der Waals surface area contributed by atoms with Crippen LogP contribution < -0.4 is 10.9 Å². The number of halogens is 1. The number of rotatable bonds is 5. The van der Waals surface area contributed by atoms with E-state index >= 15 is 0 Å².